The highest BCUT2D eigenvalue weighted by atomic mass is 79.9. The van der Waals surface area contributed by atoms with E-state index < -0.39 is 0 Å². The van der Waals surface area contributed by atoms with Crippen molar-refractivity contribution >= 4 is 33.6 Å². The standard InChI is InChI=1S/C17H16BrNO2/c1-2-21-16-9-6-13(7-10-16)8-11-17(20)19-15-5-3-4-14(18)12-15/h3-12H,2H2,1H3,(H,19,20)/b11-8+. The summed E-state index contributed by atoms with van der Waals surface area (Å²) in [5, 5.41) is 2.80. The molecule has 1 amide bonds. The summed E-state index contributed by atoms with van der Waals surface area (Å²) >= 11 is 3.37. The molecule has 21 heavy (non-hydrogen) atoms. The largest absolute Gasteiger partial charge is 0.494 e. The van der Waals surface area contributed by atoms with Crippen LogP contribution in [-0.2, 0) is 4.79 Å². The Hall–Kier alpha value is -2.07. The molecule has 0 bridgehead atoms. The van der Waals surface area contributed by atoms with E-state index in [4.69, 9.17) is 4.74 Å². The fourth-order valence-corrected chi connectivity index (χ4v) is 2.16. The van der Waals surface area contributed by atoms with Crippen LogP contribution in [0.1, 0.15) is 12.5 Å². The summed E-state index contributed by atoms with van der Waals surface area (Å²) in [5.74, 6) is 0.662. The highest BCUT2D eigenvalue weighted by molar-refractivity contribution is 9.10. The van der Waals surface area contributed by atoms with Crippen molar-refractivity contribution in [1.29, 1.82) is 0 Å². The molecule has 4 heteroatoms. The van der Waals surface area contributed by atoms with E-state index in [1.165, 1.54) is 6.08 Å². The highest BCUT2D eigenvalue weighted by Gasteiger charge is 1.98. The lowest BCUT2D eigenvalue weighted by molar-refractivity contribution is -0.111. The molecule has 0 unspecified atom stereocenters. The number of ether oxygens (including phenoxy) is 1. The van der Waals surface area contributed by atoms with E-state index in [0.717, 1.165) is 21.5 Å². The predicted octanol–water partition coefficient (Wildman–Crippen LogP) is 4.50. The Morgan fingerprint density at radius 1 is 1.24 bits per heavy atom. The lowest BCUT2D eigenvalue weighted by atomic mass is 10.2. The van der Waals surface area contributed by atoms with E-state index in [0.29, 0.717) is 6.61 Å². The maximum Gasteiger partial charge on any atom is 0.248 e. The smallest absolute Gasteiger partial charge is 0.248 e. The maximum atomic E-state index is 11.8. The number of carbonyl (C=O) groups excluding carboxylic acids is 1. The van der Waals surface area contributed by atoms with Gasteiger partial charge in [-0.25, -0.2) is 0 Å². The van der Waals surface area contributed by atoms with Gasteiger partial charge in [-0.3, -0.25) is 4.79 Å². The summed E-state index contributed by atoms with van der Waals surface area (Å²) in [6.45, 7) is 2.59. The predicted molar refractivity (Wildman–Crippen MR) is 89.4 cm³/mol. The van der Waals surface area contributed by atoms with Gasteiger partial charge in [0.05, 0.1) is 6.61 Å². The van der Waals surface area contributed by atoms with E-state index >= 15 is 0 Å². The molecule has 0 spiro atoms. The van der Waals surface area contributed by atoms with E-state index in [1.807, 2.05) is 55.5 Å². The van der Waals surface area contributed by atoms with Gasteiger partial charge in [-0.15, -0.1) is 0 Å². The van der Waals surface area contributed by atoms with Gasteiger partial charge in [-0.2, -0.15) is 0 Å². The Kier molecular flexibility index (Phi) is 5.58. The van der Waals surface area contributed by atoms with E-state index in [1.54, 1.807) is 6.08 Å². The molecule has 0 fully saturated rings. The zero-order valence-electron chi connectivity index (χ0n) is 11.7. The summed E-state index contributed by atoms with van der Waals surface area (Å²) in [4.78, 5) is 11.8. The van der Waals surface area contributed by atoms with Gasteiger partial charge in [0.25, 0.3) is 0 Å². The van der Waals surface area contributed by atoms with Gasteiger partial charge in [0.15, 0.2) is 0 Å². The molecule has 0 heterocycles. The lowest BCUT2D eigenvalue weighted by Gasteiger charge is -2.03. The van der Waals surface area contributed by atoms with Crippen molar-refractivity contribution in [1.82, 2.24) is 0 Å². The third-order valence-electron chi connectivity index (χ3n) is 2.71. The van der Waals surface area contributed by atoms with Gasteiger partial charge in [-0.1, -0.05) is 34.1 Å². The zero-order chi connectivity index (χ0) is 15.1. The minimum atomic E-state index is -0.165. The number of nitrogens with one attached hydrogen (secondary N) is 1. The Balaban J connectivity index is 1.95. The molecule has 1 N–H and O–H groups in total. The topological polar surface area (TPSA) is 38.3 Å². The van der Waals surface area contributed by atoms with Gasteiger partial charge in [0.1, 0.15) is 5.75 Å². The van der Waals surface area contributed by atoms with Crippen LogP contribution in [0.15, 0.2) is 59.1 Å². The third-order valence-corrected chi connectivity index (χ3v) is 3.20. The van der Waals surface area contributed by atoms with Crippen molar-refractivity contribution in [3.05, 3.63) is 64.6 Å². The first-order chi connectivity index (χ1) is 10.2. The molecular formula is C17H16BrNO2. The van der Waals surface area contributed by atoms with Crippen molar-refractivity contribution in [2.75, 3.05) is 11.9 Å². The second-order valence-corrected chi connectivity index (χ2v) is 5.25. The van der Waals surface area contributed by atoms with Crippen LogP contribution in [0.25, 0.3) is 6.08 Å². The highest BCUT2D eigenvalue weighted by Crippen LogP contribution is 2.16. The average Bonchev–Trinajstić information content (AvgIpc) is 2.47. The number of amides is 1. The number of benzene rings is 2. The molecule has 0 aromatic heterocycles. The number of halogens is 1. The van der Waals surface area contributed by atoms with Gasteiger partial charge in [-0.05, 0) is 48.9 Å². The Labute approximate surface area is 132 Å². The van der Waals surface area contributed by atoms with Gasteiger partial charge >= 0.3 is 0 Å². The first-order valence-electron chi connectivity index (χ1n) is 6.65. The molecule has 0 atom stereocenters. The van der Waals surface area contributed by atoms with Crippen molar-refractivity contribution < 1.29 is 9.53 Å². The van der Waals surface area contributed by atoms with Crippen molar-refractivity contribution in [2.24, 2.45) is 0 Å². The molecule has 2 aromatic carbocycles. The van der Waals surface area contributed by atoms with Gasteiger partial charge in [0.2, 0.25) is 5.91 Å². The van der Waals surface area contributed by atoms with Crippen LogP contribution in [0.5, 0.6) is 5.75 Å². The van der Waals surface area contributed by atoms with Crippen LogP contribution in [0.4, 0.5) is 5.69 Å². The first-order valence-corrected chi connectivity index (χ1v) is 7.44. The van der Waals surface area contributed by atoms with Crippen molar-refractivity contribution in [3.63, 3.8) is 0 Å². The first kappa shape index (κ1) is 15.3. The Bertz CT molecular complexity index is 635. The molecule has 0 aliphatic carbocycles. The molecular weight excluding hydrogens is 330 g/mol. The van der Waals surface area contributed by atoms with Crippen LogP contribution in [0, 0.1) is 0 Å². The monoisotopic (exact) mass is 345 g/mol. The van der Waals surface area contributed by atoms with E-state index in [9.17, 15) is 4.79 Å². The molecule has 108 valence electrons. The van der Waals surface area contributed by atoms with Crippen LogP contribution in [0.3, 0.4) is 0 Å². The second kappa shape index (κ2) is 7.64. The Morgan fingerprint density at radius 3 is 2.67 bits per heavy atom. The van der Waals surface area contributed by atoms with Crippen LogP contribution in [-0.4, -0.2) is 12.5 Å². The maximum absolute atomic E-state index is 11.8. The summed E-state index contributed by atoms with van der Waals surface area (Å²) in [6, 6.07) is 15.1. The normalized spacial score (nSPS) is 10.6. The average molecular weight is 346 g/mol. The third kappa shape index (κ3) is 5.08. The molecule has 2 rings (SSSR count). The van der Waals surface area contributed by atoms with Gasteiger partial charge < -0.3 is 10.1 Å². The summed E-state index contributed by atoms with van der Waals surface area (Å²) in [7, 11) is 0. The molecule has 2 aromatic rings. The number of hydrogen-bond donors (Lipinski definition) is 1. The van der Waals surface area contributed by atoms with Gasteiger partial charge in [0, 0.05) is 16.2 Å². The van der Waals surface area contributed by atoms with Crippen LogP contribution < -0.4 is 10.1 Å². The number of anilines is 1. The lowest BCUT2D eigenvalue weighted by Crippen LogP contribution is -2.07. The molecule has 0 saturated heterocycles. The van der Waals surface area contributed by atoms with Crippen molar-refractivity contribution in [2.45, 2.75) is 6.92 Å². The summed E-state index contributed by atoms with van der Waals surface area (Å²) < 4.78 is 6.30. The van der Waals surface area contributed by atoms with Crippen LogP contribution >= 0.6 is 15.9 Å². The molecule has 0 radical (unpaired) electrons. The molecule has 0 aliphatic heterocycles. The van der Waals surface area contributed by atoms with E-state index in [2.05, 4.69) is 21.2 Å². The molecule has 0 saturated carbocycles. The fraction of sp³-hybridized carbons (Fsp3) is 0.118. The number of carbonyl (C=O) groups is 1. The molecule has 3 nitrogen and oxygen atoms in total. The minimum absolute atomic E-state index is 0.165. The Morgan fingerprint density at radius 2 is 2.00 bits per heavy atom. The SMILES string of the molecule is CCOc1ccc(/C=C/C(=O)Nc2cccc(Br)c2)cc1. The van der Waals surface area contributed by atoms with Crippen molar-refractivity contribution in [3.8, 4) is 5.75 Å². The van der Waals surface area contributed by atoms with E-state index in [-0.39, 0.29) is 5.91 Å². The van der Waals surface area contributed by atoms with Crippen LogP contribution in [0.2, 0.25) is 0 Å². The minimum Gasteiger partial charge on any atom is -0.494 e. The zero-order valence-corrected chi connectivity index (χ0v) is 13.3. The fourth-order valence-electron chi connectivity index (χ4n) is 1.76. The number of hydrogen-bond acceptors (Lipinski definition) is 2. The quantitative estimate of drug-likeness (QED) is 0.810. The number of rotatable bonds is 5. The molecule has 0 aliphatic rings. The summed E-state index contributed by atoms with van der Waals surface area (Å²) in [5.41, 5.74) is 1.70. The summed E-state index contributed by atoms with van der Waals surface area (Å²) in [6.07, 6.45) is 3.28. The second-order valence-electron chi connectivity index (χ2n) is 4.33.